The van der Waals surface area contributed by atoms with E-state index in [0.29, 0.717) is 19.3 Å². The van der Waals surface area contributed by atoms with Gasteiger partial charge in [0.05, 0.1) is 0 Å². The Kier molecular flexibility index (Phi) is 68.6. The highest BCUT2D eigenvalue weighted by atomic mass is 16.6. The number of ether oxygens (including phenoxy) is 3. The number of esters is 3. The first-order valence-corrected chi connectivity index (χ1v) is 36.4. The zero-order valence-corrected chi connectivity index (χ0v) is 55.5. The smallest absolute Gasteiger partial charge is 0.306 e. The Labute approximate surface area is 516 Å². The van der Waals surface area contributed by atoms with Gasteiger partial charge in [0.1, 0.15) is 13.2 Å². The molecular weight excluding hydrogens is 1020 g/mol. The van der Waals surface area contributed by atoms with Crippen molar-refractivity contribution in [1.29, 1.82) is 0 Å². The molecule has 0 aliphatic heterocycles. The third kappa shape index (κ3) is 69.5. The van der Waals surface area contributed by atoms with Crippen molar-refractivity contribution in [2.45, 2.75) is 386 Å². The monoisotopic (exact) mass is 1160 g/mol. The van der Waals surface area contributed by atoms with Crippen molar-refractivity contribution in [1.82, 2.24) is 0 Å². The van der Waals surface area contributed by atoms with Crippen LogP contribution in [-0.2, 0) is 28.6 Å². The zero-order chi connectivity index (χ0) is 59.9. The summed E-state index contributed by atoms with van der Waals surface area (Å²) in [7, 11) is 0. The van der Waals surface area contributed by atoms with Gasteiger partial charge >= 0.3 is 17.9 Å². The number of unbranched alkanes of at least 4 members (excludes halogenated alkanes) is 44. The number of rotatable bonds is 67. The standard InChI is InChI=1S/C77H138O6/c1-4-7-10-13-16-19-22-25-27-29-31-33-34-35-36-37-38-39-40-41-42-44-45-47-49-52-55-58-61-64-67-70-76(79)82-73-74(72-81-75(78)69-66-63-60-57-54-51-24-21-18-15-12-9-6-3)83-77(80)71-68-65-62-59-56-53-50-48-46-43-32-30-28-26-23-20-17-14-11-8-5-2/h9,12,18,21,29-32,51,54,60,63,74H,4-8,10-11,13-17,19-20,22-28,33-50,52-53,55-59,61-62,64-73H2,1-3H3/b12-9-,21-18-,31-29-,32-30-,54-51-,63-60-. The maximum absolute atomic E-state index is 12.9. The van der Waals surface area contributed by atoms with Crippen LogP contribution >= 0.6 is 0 Å². The van der Waals surface area contributed by atoms with Gasteiger partial charge in [0.25, 0.3) is 0 Å². The lowest BCUT2D eigenvalue weighted by Crippen LogP contribution is -2.30. The van der Waals surface area contributed by atoms with E-state index in [1.165, 1.54) is 270 Å². The normalized spacial score (nSPS) is 12.5. The minimum Gasteiger partial charge on any atom is -0.462 e. The number of carbonyl (C=O) groups is 3. The van der Waals surface area contributed by atoms with Crippen LogP contribution in [0.25, 0.3) is 0 Å². The SMILES string of the molecule is CC/C=C\C/C=C\C/C=C\C/C=C\CCC(=O)OCC(COC(=O)CCCCCCCCCCCCCCCCCCCCC/C=C\CCCCCCCCCC)OC(=O)CCCCCCCCCCC/C=C\CCCCCCCCCC. The van der Waals surface area contributed by atoms with Gasteiger partial charge in [-0.25, -0.2) is 0 Å². The van der Waals surface area contributed by atoms with E-state index in [4.69, 9.17) is 14.2 Å². The highest BCUT2D eigenvalue weighted by Crippen LogP contribution is 2.18. The second kappa shape index (κ2) is 71.3. The van der Waals surface area contributed by atoms with Crippen molar-refractivity contribution < 1.29 is 28.6 Å². The summed E-state index contributed by atoms with van der Waals surface area (Å²) < 4.78 is 16.9. The summed E-state index contributed by atoms with van der Waals surface area (Å²) in [4.78, 5) is 38.4. The van der Waals surface area contributed by atoms with E-state index in [1.807, 2.05) is 6.08 Å². The van der Waals surface area contributed by atoms with Gasteiger partial charge in [-0.15, -0.1) is 0 Å². The van der Waals surface area contributed by atoms with Crippen LogP contribution in [0.5, 0.6) is 0 Å². The average Bonchev–Trinajstić information content (AvgIpc) is 3.49. The summed E-state index contributed by atoms with van der Waals surface area (Å²) in [6, 6.07) is 0. The van der Waals surface area contributed by atoms with Crippen LogP contribution in [0.2, 0.25) is 0 Å². The van der Waals surface area contributed by atoms with Gasteiger partial charge in [0, 0.05) is 19.3 Å². The van der Waals surface area contributed by atoms with E-state index < -0.39 is 6.10 Å². The quantitative estimate of drug-likeness (QED) is 0.0261. The molecule has 0 saturated carbocycles. The molecule has 0 aromatic rings. The summed E-state index contributed by atoms with van der Waals surface area (Å²) in [5.41, 5.74) is 0. The fourth-order valence-corrected chi connectivity index (χ4v) is 10.7. The molecule has 0 aliphatic rings. The molecule has 0 fully saturated rings. The van der Waals surface area contributed by atoms with Gasteiger partial charge in [-0.1, -0.05) is 338 Å². The Balaban J connectivity index is 4.21. The maximum atomic E-state index is 12.9. The van der Waals surface area contributed by atoms with Crippen molar-refractivity contribution >= 4 is 17.9 Å². The molecule has 482 valence electrons. The molecule has 83 heavy (non-hydrogen) atoms. The van der Waals surface area contributed by atoms with Crippen molar-refractivity contribution in [3.05, 3.63) is 72.9 Å². The van der Waals surface area contributed by atoms with Gasteiger partial charge in [0.2, 0.25) is 0 Å². The Morgan fingerprint density at radius 2 is 0.494 bits per heavy atom. The number of allylic oxidation sites excluding steroid dienone is 12. The first-order valence-electron chi connectivity index (χ1n) is 36.4. The Hall–Kier alpha value is -3.15. The van der Waals surface area contributed by atoms with Gasteiger partial charge < -0.3 is 14.2 Å². The molecule has 0 N–H and O–H groups in total. The molecule has 6 heteroatoms. The molecule has 0 aromatic heterocycles. The van der Waals surface area contributed by atoms with E-state index in [2.05, 4.69) is 87.6 Å². The minimum atomic E-state index is -0.806. The maximum Gasteiger partial charge on any atom is 0.306 e. The lowest BCUT2D eigenvalue weighted by Gasteiger charge is -2.18. The molecule has 0 aromatic carbocycles. The lowest BCUT2D eigenvalue weighted by atomic mass is 10.0. The second-order valence-corrected chi connectivity index (χ2v) is 24.5. The number of hydrogen-bond donors (Lipinski definition) is 0. The van der Waals surface area contributed by atoms with Gasteiger partial charge in [-0.05, 0) is 96.3 Å². The summed E-state index contributed by atoms with van der Waals surface area (Å²) >= 11 is 0. The van der Waals surface area contributed by atoms with E-state index in [0.717, 1.165) is 64.2 Å². The van der Waals surface area contributed by atoms with Crippen LogP contribution in [0.1, 0.15) is 380 Å². The first-order chi connectivity index (χ1) is 41.0. The summed E-state index contributed by atoms with van der Waals surface area (Å²) in [6.07, 6.45) is 94.0. The highest BCUT2D eigenvalue weighted by Gasteiger charge is 2.19. The zero-order valence-electron chi connectivity index (χ0n) is 55.5. The van der Waals surface area contributed by atoms with Crippen molar-refractivity contribution in [2.75, 3.05) is 13.2 Å². The predicted molar refractivity (Wildman–Crippen MR) is 362 cm³/mol. The molecule has 0 heterocycles. The topological polar surface area (TPSA) is 78.9 Å². The van der Waals surface area contributed by atoms with Crippen LogP contribution in [0.15, 0.2) is 72.9 Å². The fraction of sp³-hybridized carbons (Fsp3) is 0.805. The van der Waals surface area contributed by atoms with Crippen molar-refractivity contribution in [2.24, 2.45) is 0 Å². The third-order valence-electron chi connectivity index (χ3n) is 16.2. The molecule has 0 radical (unpaired) electrons. The Morgan fingerprint density at radius 1 is 0.253 bits per heavy atom. The van der Waals surface area contributed by atoms with Crippen LogP contribution in [0.3, 0.4) is 0 Å². The highest BCUT2D eigenvalue weighted by molar-refractivity contribution is 5.71. The van der Waals surface area contributed by atoms with Crippen molar-refractivity contribution in [3.63, 3.8) is 0 Å². The number of hydrogen-bond acceptors (Lipinski definition) is 6. The minimum absolute atomic E-state index is 0.0949. The molecule has 0 amide bonds. The molecule has 6 nitrogen and oxygen atoms in total. The van der Waals surface area contributed by atoms with Gasteiger partial charge in [-0.3, -0.25) is 14.4 Å². The van der Waals surface area contributed by atoms with Crippen LogP contribution in [0.4, 0.5) is 0 Å². The van der Waals surface area contributed by atoms with Crippen LogP contribution < -0.4 is 0 Å². The Morgan fingerprint density at radius 3 is 0.807 bits per heavy atom. The van der Waals surface area contributed by atoms with E-state index in [-0.39, 0.29) is 37.5 Å². The van der Waals surface area contributed by atoms with E-state index >= 15 is 0 Å². The summed E-state index contributed by atoms with van der Waals surface area (Å²) in [5, 5.41) is 0. The molecule has 0 spiro atoms. The molecule has 0 rings (SSSR count). The third-order valence-corrected chi connectivity index (χ3v) is 16.2. The largest absolute Gasteiger partial charge is 0.462 e. The summed E-state index contributed by atoms with van der Waals surface area (Å²) in [6.45, 7) is 6.51. The molecule has 0 saturated heterocycles. The average molecular weight is 1160 g/mol. The molecular formula is C77H138O6. The first kappa shape index (κ1) is 79.8. The molecule has 1 unspecified atom stereocenters. The fourth-order valence-electron chi connectivity index (χ4n) is 10.7. The van der Waals surface area contributed by atoms with E-state index in [9.17, 15) is 14.4 Å². The van der Waals surface area contributed by atoms with Crippen molar-refractivity contribution in [3.8, 4) is 0 Å². The summed E-state index contributed by atoms with van der Waals surface area (Å²) in [5.74, 6) is -0.962. The number of carbonyl (C=O) groups excluding carboxylic acids is 3. The second-order valence-electron chi connectivity index (χ2n) is 24.5. The molecule has 0 bridgehead atoms. The lowest BCUT2D eigenvalue weighted by molar-refractivity contribution is -0.166. The van der Waals surface area contributed by atoms with Crippen LogP contribution in [0, 0.1) is 0 Å². The van der Waals surface area contributed by atoms with E-state index in [1.54, 1.807) is 0 Å². The Bertz CT molecular complexity index is 1520. The van der Waals surface area contributed by atoms with Crippen LogP contribution in [-0.4, -0.2) is 37.2 Å². The van der Waals surface area contributed by atoms with Gasteiger partial charge in [-0.2, -0.15) is 0 Å². The van der Waals surface area contributed by atoms with Gasteiger partial charge in [0.15, 0.2) is 6.10 Å². The molecule has 1 atom stereocenters. The molecule has 0 aliphatic carbocycles. The predicted octanol–water partition coefficient (Wildman–Crippen LogP) is 25.2.